The number of rotatable bonds is 3. The summed E-state index contributed by atoms with van der Waals surface area (Å²) in [7, 11) is 0. The first-order valence-corrected chi connectivity index (χ1v) is 7.22. The summed E-state index contributed by atoms with van der Waals surface area (Å²) < 4.78 is 11.2. The molecule has 0 bridgehead atoms. The molecule has 0 spiro atoms. The van der Waals surface area contributed by atoms with Crippen LogP contribution in [-0.4, -0.2) is 25.7 Å². The average molecular weight is 267 g/mol. The Hall–Kier alpha value is -0.730. The van der Waals surface area contributed by atoms with Crippen LogP contribution in [0.5, 0.6) is 5.75 Å². The highest BCUT2D eigenvalue weighted by Gasteiger charge is 2.37. The molecule has 0 aliphatic carbocycles. The third-order valence-electron chi connectivity index (χ3n) is 4.32. The number of halogens is 1. The van der Waals surface area contributed by atoms with Crippen LogP contribution in [0.3, 0.4) is 0 Å². The van der Waals surface area contributed by atoms with E-state index in [9.17, 15) is 0 Å². The second-order valence-corrected chi connectivity index (χ2v) is 5.76. The minimum atomic E-state index is 0.241. The van der Waals surface area contributed by atoms with E-state index in [2.05, 4.69) is 18.2 Å². The van der Waals surface area contributed by atoms with Crippen LogP contribution in [0.2, 0.25) is 0 Å². The summed E-state index contributed by atoms with van der Waals surface area (Å²) >= 11 is 6.25. The molecule has 1 aromatic carbocycles. The van der Waals surface area contributed by atoms with E-state index in [0.717, 1.165) is 50.7 Å². The largest absolute Gasteiger partial charge is 0.493 e. The van der Waals surface area contributed by atoms with Gasteiger partial charge in [-0.1, -0.05) is 18.2 Å². The van der Waals surface area contributed by atoms with Crippen LogP contribution in [0.15, 0.2) is 24.3 Å². The highest BCUT2D eigenvalue weighted by atomic mass is 35.5. The van der Waals surface area contributed by atoms with Crippen molar-refractivity contribution < 1.29 is 9.47 Å². The summed E-state index contributed by atoms with van der Waals surface area (Å²) in [4.78, 5) is 0. The van der Waals surface area contributed by atoms with Crippen LogP contribution in [0.25, 0.3) is 0 Å². The molecule has 18 heavy (non-hydrogen) atoms. The Balaban J connectivity index is 1.77. The summed E-state index contributed by atoms with van der Waals surface area (Å²) in [5, 5.41) is 0. The van der Waals surface area contributed by atoms with Crippen LogP contribution in [0, 0.1) is 5.41 Å². The second kappa shape index (κ2) is 5.10. The zero-order chi connectivity index (χ0) is 12.4. The standard InChI is InChI=1S/C15H19ClO2/c16-11-15(5-7-17-8-6-15)9-12-10-18-14-4-2-1-3-13(12)14/h1-4,12H,5-11H2. The summed E-state index contributed by atoms with van der Waals surface area (Å²) in [6, 6.07) is 8.38. The quantitative estimate of drug-likeness (QED) is 0.779. The number of para-hydroxylation sites is 1. The monoisotopic (exact) mass is 266 g/mol. The summed E-state index contributed by atoms with van der Waals surface area (Å²) in [6.45, 7) is 2.50. The van der Waals surface area contributed by atoms with Crippen molar-refractivity contribution in [3.05, 3.63) is 29.8 Å². The number of hydrogen-bond donors (Lipinski definition) is 0. The van der Waals surface area contributed by atoms with Crippen LogP contribution in [0.1, 0.15) is 30.7 Å². The third-order valence-corrected chi connectivity index (χ3v) is 4.88. The summed E-state index contributed by atoms with van der Waals surface area (Å²) in [6.07, 6.45) is 3.28. The van der Waals surface area contributed by atoms with E-state index in [4.69, 9.17) is 21.1 Å². The molecule has 1 fully saturated rings. The fraction of sp³-hybridized carbons (Fsp3) is 0.600. The van der Waals surface area contributed by atoms with Gasteiger partial charge < -0.3 is 9.47 Å². The Morgan fingerprint density at radius 1 is 1.22 bits per heavy atom. The van der Waals surface area contributed by atoms with Crippen LogP contribution in [-0.2, 0) is 4.74 Å². The zero-order valence-corrected chi connectivity index (χ0v) is 11.3. The van der Waals surface area contributed by atoms with Gasteiger partial charge in [0.1, 0.15) is 5.75 Å². The van der Waals surface area contributed by atoms with Gasteiger partial charge in [-0.05, 0) is 30.7 Å². The molecule has 2 aliphatic rings. The van der Waals surface area contributed by atoms with Gasteiger partial charge in [0.15, 0.2) is 0 Å². The van der Waals surface area contributed by atoms with Crippen molar-refractivity contribution in [2.45, 2.75) is 25.2 Å². The molecule has 3 rings (SSSR count). The van der Waals surface area contributed by atoms with Gasteiger partial charge in [-0.2, -0.15) is 0 Å². The molecular weight excluding hydrogens is 248 g/mol. The first-order chi connectivity index (χ1) is 8.83. The van der Waals surface area contributed by atoms with Crippen molar-refractivity contribution in [1.82, 2.24) is 0 Å². The number of fused-ring (bicyclic) bond motifs is 1. The zero-order valence-electron chi connectivity index (χ0n) is 10.5. The van der Waals surface area contributed by atoms with Crippen molar-refractivity contribution in [2.24, 2.45) is 5.41 Å². The van der Waals surface area contributed by atoms with Crippen molar-refractivity contribution in [1.29, 1.82) is 0 Å². The maximum Gasteiger partial charge on any atom is 0.122 e. The first-order valence-electron chi connectivity index (χ1n) is 6.68. The number of alkyl halides is 1. The van der Waals surface area contributed by atoms with Crippen LogP contribution >= 0.6 is 11.6 Å². The van der Waals surface area contributed by atoms with E-state index < -0.39 is 0 Å². The first kappa shape index (κ1) is 12.3. The number of ether oxygens (including phenoxy) is 2. The molecule has 2 nitrogen and oxygen atoms in total. The number of benzene rings is 1. The maximum absolute atomic E-state index is 6.25. The topological polar surface area (TPSA) is 18.5 Å². The summed E-state index contributed by atoms with van der Waals surface area (Å²) in [5.74, 6) is 2.28. The summed E-state index contributed by atoms with van der Waals surface area (Å²) in [5.41, 5.74) is 1.60. The molecule has 0 N–H and O–H groups in total. The lowest BCUT2D eigenvalue weighted by Crippen LogP contribution is -2.33. The molecule has 1 aromatic rings. The molecule has 0 saturated carbocycles. The van der Waals surface area contributed by atoms with Gasteiger partial charge in [0.25, 0.3) is 0 Å². The van der Waals surface area contributed by atoms with Gasteiger partial charge in [-0.3, -0.25) is 0 Å². The van der Waals surface area contributed by atoms with Gasteiger partial charge in [0, 0.05) is 30.6 Å². The van der Waals surface area contributed by atoms with Gasteiger partial charge in [0.2, 0.25) is 0 Å². The predicted octanol–water partition coefficient (Wildman–Crippen LogP) is 3.59. The molecule has 0 amide bonds. The Morgan fingerprint density at radius 2 is 2.00 bits per heavy atom. The smallest absolute Gasteiger partial charge is 0.122 e. The van der Waals surface area contributed by atoms with Crippen molar-refractivity contribution in [2.75, 3.05) is 25.7 Å². The Morgan fingerprint density at radius 3 is 2.78 bits per heavy atom. The van der Waals surface area contributed by atoms with Crippen molar-refractivity contribution in [3.8, 4) is 5.75 Å². The third kappa shape index (κ3) is 2.24. The van der Waals surface area contributed by atoms with Gasteiger partial charge in [-0.25, -0.2) is 0 Å². The lowest BCUT2D eigenvalue weighted by molar-refractivity contribution is 0.0172. The molecule has 1 unspecified atom stereocenters. The molecule has 98 valence electrons. The molecular formula is C15H19ClO2. The Bertz CT molecular complexity index is 413. The van der Waals surface area contributed by atoms with Gasteiger partial charge in [0.05, 0.1) is 6.61 Å². The van der Waals surface area contributed by atoms with Gasteiger partial charge >= 0.3 is 0 Å². The second-order valence-electron chi connectivity index (χ2n) is 5.50. The van der Waals surface area contributed by atoms with Gasteiger partial charge in [-0.15, -0.1) is 11.6 Å². The van der Waals surface area contributed by atoms with E-state index >= 15 is 0 Å². The maximum atomic E-state index is 6.25. The molecule has 3 heteroatoms. The minimum absolute atomic E-state index is 0.241. The molecule has 0 radical (unpaired) electrons. The predicted molar refractivity (Wildman–Crippen MR) is 72.5 cm³/mol. The average Bonchev–Trinajstić information content (AvgIpc) is 2.83. The SMILES string of the molecule is ClCC1(CC2COc3ccccc32)CCOCC1. The van der Waals surface area contributed by atoms with E-state index in [-0.39, 0.29) is 5.41 Å². The molecule has 1 atom stereocenters. The molecule has 1 saturated heterocycles. The molecule has 2 aliphatic heterocycles. The fourth-order valence-electron chi connectivity index (χ4n) is 3.12. The van der Waals surface area contributed by atoms with Crippen molar-refractivity contribution >= 4 is 11.6 Å². The minimum Gasteiger partial charge on any atom is -0.493 e. The molecule has 0 aromatic heterocycles. The van der Waals surface area contributed by atoms with E-state index in [0.29, 0.717) is 5.92 Å². The van der Waals surface area contributed by atoms with Crippen molar-refractivity contribution in [3.63, 3.8) is 0 Å². The van der Waals surface area contributed by atoms with E-state index in [1.807, 2.05) is 6.07 Å². The highest BCUT2D eigenvalue weighted by Crippen LogP contribution is 2.45. The highest BCUT2D eigenvalue weighted by molar-refractivity contribution is 6.18. The number of hydrogen-bond acceptors (Lipinski definition) is 2. The van der Waals surface area contributed by atoms with Crippen LogP contribution < -0.4 is 4.74 Å². The Kier molecular flexibility index (Phi) is 3.49. The van der Waals surface area contributed by atoms with E-state index in [1.165, 1.54) is 5.56 Å². The lowest BCUT2D eigenvalue weighted by atomic mass is 9.74. The lowest BCUT2D eigenvalue weighted by Gasteiger charge is -2.37. The molecule has 2 heterocycles. The van der Waals surface area contributed by atoms with E-state index in [1.54, 1.807) is 0 Å². The normalized spacial score (nSPS) is 25.5. The Labute approximate surface area is 113 Å². The fourth-order valence-corrected chi connectivity index (χ4v) is 3.49. The van der Waals surface area contributed by atoms with Crippen LogP contribution in [0.4, 0.5) is 0 Å².